The molecule has 20 heavy (non-hydrogen) atoms. The van der Waals surface area contributed by atoms with Gasteiger partial charge in [0.25, 0.3) is 5.91 Å². The smallest absolute Gasteiger partial charge is 0.257 e. The van der Waals surface area contributed by atoms with Gasteiger partial charge in [0.05, 0.1) is 13.2 Å². The van der Waals surface area contributed by atoms with Crippen LogP contribution in [0.15, 0.2) is 36.8 Å². The van der Waals surface area contributed by atoms with E-state index in [0.717, 1.165) is 0 Å². The highest BCUT2D eigenvalue weighted by atomic mass is 16.5. The van der Waals surface area contributed by atoms with Crippen molar-refractivity contribution < 1.29 is 9.53 Å². The first kappa shape index (κ1) is 14.0. The molecule has 0 saturated heterocycles. The Morgan fingerprint density at radius 2 is 2.30 bits per heavy atom. The summed E-state index contributed by atoms with van der Waals surface area (Å²) in [6, 6.07) is 5.23. The Hall–Kier alpha value is -2.37. The molecule has 0 aliphatic rings. The second-order valence-electron chi connectivity index (χ2n) is 4.39. The lowest BCUT2D eigenvalue weighted by Crippen LogP contribution is -2.36. The second kappa shape index (κ2) is 6.70. The van der Waals surface area contributed by atoms with Gasteiger partial charge in [0.1, 0.15) is 5.56 Å². The largest absolute Gasteiger partial charge is 0.477 e. The number of rotatable bonds is 6. The Kier molecular flexibility index (Phi) is 4.70. The van der Waals surface area contributed by atoms with Gasteiger partial charge in [0.15, 0.2) is 0 Å². The van der Waals surface area contributed by atoms with E-state index in [1.54, 1.807) is 29.2 Å². The van der Waals surface area contributed by atoms with Crippen LogP contribution < -0.4 is 10.1 Å². The summed E-state index contributed by atoms with van der Waals surface area (Å²) >= 11 is 0. The number of nitrogens with one attached hydrogen (secondary N) is 1. The lowest BCUT2D eigenvalue weighted by atomic mass is 10.2. The molecule has 0 bridgehead atoms. The molecule has 0 aromatic carbocycles. The molecule has 2 aromatic rings. The van der Waals surface area contributed by atoms with Gasteiger partial charge in [-0.2, -0.15) is 5.10 Å². The average Bonchev–Trinajstić information content (AvgIpc) is 2.92. The van der Waals surface area contributed by atoms with Gasteiger partial charge in [-0.1, -0.05) is 0 Å². The molecule has 0 aliphatic carbocycles. The van der Waals surface area contributed by atoms with Gasteiger partial charge in [0.2, 0.25) is 5.88 Å². The summed E-state index contributed by atoms with van der Waals surface area (Å²) in [5, 5.41) is 7.03. The van der Waals surface area contributed by atoms with Crippen LogP contribution in [0.25, 0.3) is 0 Å². The van der Waals surface area contributed by atoms with Crippen molar-refractivity contribution in [3.05, 3.63) is 42.4 Å². The van der Waals surface area contributed by atoms with E-state index in [4.69, 9.17) is 4.74 Å². The first-order valence-corrected chi connectivity index (χ1v) is 6.56. The third kappa shape index (κ3) is 3.57. The number of carbonyl (C=O) groups is 1. The first-order chi connectivity index (χ1) is 9.70. The van der Waals surface area contributed by atoms with E-state index in [-0.39, 0.29) is 11.9 Å². The maximum absolute atomic E-state index is 12.2. The maximum Gasteiger partial charge on any atom is 0.257 e. The highest BCUT2D eigenvalue weighted by Crippen LogP contribution is 2.14. The van der Waals surface area contributed by atoms with Crippen molar-refractivity contribution in [2.75, 3.05) is 6.61 Å². The highest BCUT2D eigenvalue weighted by molar-refractivity contribution is 5.96. The van der Waals surface area contributed by atoms with Gasteiger partial charge in [-0.05, 0) is 32.0 Å². The summed E-state index contributed by atoms with van der Waals surface area (Å²) < 4.78 is 7.13. The van der Waals surface area contributed by atoms with Crippen LogP contribution >= 0.6 is 0 Å². The number of amides is 1. The minimum absolute atomic E-state index is 0.0444. The van der Waals surface area contributed by atoms with E-state index in [1.165, 1.54) is 0 Å². The fourth-order valence-corrected chi connectivity index (χ4v) is 1.85. The van der Waals surface area contributed by atoms with Gasteiger partial charge >= 0.3 is 0 Å². The summed E-state index contributed by atoms with van der Waals surface area (Å²) in [6.45, 7) is 4.87. The molecule has 0 saturated carbocycles. The molecular formula is C14H18N4O2. The molecule has 6 nitrogen and oxygen atoms in total. The lowest BCUT2D eigenvalue weighted by Gasteiger charge is -2.15. The second-order valence-corrected chi connectivity index (χ2v) is 4.39. The number of nitrogens with zero attached hydrogens (tertiary/aromatic N) is 3. The summed E-state index contributed by atoms with van der Waals surface area (Å²) in [6.07, 6.45) is 5.18. The SMILES string of the molecule is CCOc1ncccc1C(=O)N[C@H](C)Cn1cccn1. The van der Waals surface area contributed by atoms with Crippen LogP contribution in [-0.2, 0) is 6.54 Å². The normalized spacial score (nSPS) is 11.9. The molecule has 0 spiro atoms. The number of ether oxygens (including phenoxy) is 1. The highest BCUT2D eigenvalue weighted by Gasteiger charge is 2.15. The number of hydrogen-bond acceptors (Lipinski definition) is 4. The molecule has 0 fully saturated rings. The fraction of sp³-hybridized carbons (Fsp3) is 0.357. The van der Waals surface area contributed by atoms with Gasteiger partial charge in [-0.15, -0.1) is 0 Å². The molecule has 6 heteroatoms. The zero-order valence-electron chi connectivity index (χ0n) is 11.6. The first-order valence-electron chi connectivity index (χ1n) is 6.56. The van der Waals surface area contributed by atoms with Gasteiger partial charge in [0, 0.05) is 24.6 Å². The number of aromatic nitrogens is 3. The molecule has 0 aliphatic heterocycles. The van der Waals surface area contributed by atoms with Crippen LogP contribution in [0.5, 0.6) is 5.88 Å². The monoisotopic (exact) mass is 274 g/mol. The van der Waals surface area contributed by atoms with Crippen LogP contribution in [0.4, 0.5) is 0 Å². The van der Waals surface area contributed by atoms with Crippen LogP contribution in [-0.4, -0.2) is 33.3 Å². The van der Waals surface area contributed by atoms with E-state index in [2.05, 4.69) is 15.4 Å². The Balaban J connectivity index is 2.00. The van der Waals surface area contributed by atoms with Crippen molar-refractivity contribution in [1.82, 2.24) is 20.1 Å². The molecular weight excluding hydrogens is 256 g/mol. The van der Waals surface area contributed by atoms with Crippen molar-refractivity contribution in [2.24, 2.45) is 0 Å². The van der Waals surface area contributed by atoms with E-state index in [1.807, 2.05) is 26.1 Å². The third-order valence-corrected chi connectivity index (χ3v) is 2.69. The van der Waals surface area contributed by atoms with E-state index in [9.17, 15) is 4.79 Å². The van der Waals surface area contributed by atoms with Crippen LogP contribution in [0.2, 0.25) is 0 Å². The third-order valence-electron chi connectivity index (χ3n) is 2.69. The molecule has 1 atom stereocenters. The standard InChI is InChI=1S/C14H18N4O2/c1-3-20-14-12(6-4-7-15-14)13(19)17-11(2)10-18-9-5-8-16-18/h4-9,11H,3,10H2,1-2H3,(H,17,19)/t11-/m1/s1. The van der Waals surface area contributed by atoms with Crippen molar-refractivity contribution in [3.8, 4) is 5.88 Å². The summed E-state index contributed by atoms with van der Waals surface area (Å²) in [5.74, 6) is 0.167. The minimum Gasteiger partial charge on any atom is -0.477 e. The van der Waals surface area contributed by atoms with Crippen LogP contribution in [0.1, 0.15) is 24.2 Å². The number of carbonyl (C=O) groups excluding carboxylic acids is 1. The molecule has 2 aromatic heterocycles. The molecule has 0 unspecified atom stereocenters. The maximum atomic E-state index is 12.2. The molecule has 2 rings (SSSR count). The minimum atomic E-state index is -0.193. The van der Waals surface area contributed by atoms with Crippen LogP contribution in [0.3, 0.4) is 0 Å². The van der Waals surface area contributed by atoms with Gasteiger partial charge in [-0.3, -0.25) is 9.48 Å². The molecule has 2 heterocycles. The van der Waals surface area contributed by atoms with Crippen LogP contribution in [0, 0.1) is 0 Å². The van der Waals surface area contributed by atoms with Gasteiger partial charge in [-0.25, -0.2) is 4.98 Å². The molecule has 106 valence electrons. The quantitative estimate of drug-likeness (QED) is 0.866. The van der Waals surface area contributed by atoms with Crippen molar-refractivity contribution >= 4 is 5.91 Å². The van der Waals surface area contributed by atoms with Crippen molar-refractivity contribution in [1.29, 1.82) is 0 Å². The van der Waals surface area contributed by atoms with Crippen molar-refractivity contribution in [2.45, 2.75) is 26.4 Å². The molecule has 1 N–H and O–H groups in total. The number of hydrogen-bond donors (Lipinski definition) is 1. The molecule has 1 amide bonds. The van der Waals surface area contributed by atoms with Crippen molar-refractivity contribution in [3.63, 3.8) is 0 Å². The summed E-state index contributed by atoms with van der Waals surface area (Å²) in [4.78, 5) is 16.3. The molecule has 0 radical (unpaired) electrons. The predicted octanol–water partition coefficient (Wildman–Crippen LogP) is 1.50. The Labute approximate surface area is 117 Å². The Morgan fingerprint density at radius 3 is 3.00 bits per heavy atom. The predicted molar refractivity (Wildman–Crippen MR) is 74.6 cm³/mol. The van der Waals surface area contributed by atoms with E-state index >= 15 is 0 Å². The Morgan fingerprint density at radius 1 is 1.45 bits per heavy atom. The Bertz CT molecular complexity index is 554. The summed E-state index contributed by atoms with van der Waals surface area (Å²) in [7, 11) is 0. The van der Waals surface area contributed by atoms with Gasteiger partial charge < -0.3 is 10.1 Å². The zero-order valence-corrected chi connectivity index (χ0v) is 11.6. The fourth-order valence-electron chi connectivity index (χ4n) is 1.85. The zero-order chi connectivity index (χ0) is 14.4. The average molecular weight is 274 g/mol. The summed E-state index contributed by atoms with van der Waals surface area (Å²) in [5.41, 5.74) is 0.446. The van der Waals surface area contributed by atoms with E-state index < -0.39 is 0 Å². The number of pyridine rings is 1. The topological polar surface area (TPSA) is 69.0 Å². The lowest BCUT2D eigenvalue weighted by molar-refractivity contribution is 0.0931. The van der Waals surface area contributed by atoms with E-state index in [0.29, 0.717) is 24.6 Å².